The van der Waals surface area contributed by atoms with E-state index in [1.54, 1.807) is 11.8 Å². The molecule has 3 atom stereocenters. The maximum absolute atomic E-state index is 11.8. The molecule has 4 nitrogen and oxygen atoms in total. The molecule has 2 aliphatic heterocycles. The molecule has 2 aromatic carbocycles. The molecule has 2 aliphatic rings. The number of benzene rings is 2. The number of Topliss-reactive ketones (excluding diaryl/α,β-unsaturated/α-hetero) is 1. The maximum Gasteiger partial charge on any atom is 0.213 e. The Labute approximate surface area is 163 Å². The summed E-state index contributed by atoms with van der Waals surface area (Å²) in [7, 11) is 0. The van der Waals surface area contributed by atoms with E-state index in [1.807, 2.05) is 6.07 Å². The highest BCUT2D eigenvalue weighted by molar-refractivity contribution is 8.00. The molecule has 0 spiro atoms. The predicted octanol–water partition coefficient (Wildman–Crippen LogP) is 2.96. The minimum Gasteiger partial charge on any atom is -0.490 e. The summed E-state index contributed by atoms with van der Waals surface area (Å²) < 4.78 is 6.22. The number of rotatable bonds is 6. The molecule has 5 heteroatoms. The molecule has 0 saturated carbocycles. The Morgan fingerprint density at radius 2 is 2.00 bits per heavy atom. The van der Waals surface area contributed by atoms with Crippen molar-refractivity contribution in [2.75, 3.05) is 5.88 Å². The molecule has 0 aliphatic carbocycles. The maximum atomic E-state index is 11.8. The van der Waals surface area contributed by atoms with Gasteiger partial charge in [0, 0.05) is 17.5 Å². The van der Waals surface area contributed by atoms with Crippen LogP contribution < -0.4 is 10.1 Å². The van der Waals surface area contributed by atoms with E-state index in [4.69, 9.17) is 4.74 Å². The summed E-state index contributed by atoms with van der Waals surface area (Å²) in [4.78, 5) is 22.6. The lowest BCUT2D eigenvalue weighted by Gasteiger charge is -2.27. The van der Waals surface area contributed by atoms with Gasteiger partial charge in [-0.3, -0.25) is 14.9 Å². The van der Waals surface area contributed by atoms with Crippen LogP contribution >= 0.6 is 11.8 Å². The van der Waals surface area contributed by atoms with Gasteiger partial charge < -0.3 is 4.74 Å². The number of carbonyl (C=O) groups is 2. The quantitative estimate of drug-likeness (QED) is 0.616. The summed E-state index contributed by atoms with van der Waals surface area (Å²) >= 11 is 1.71. The molecular weight excluding hydrogens is 358 g/mol. The molecule has 0 radical (unpaired) electrons. The number of hydrogen-bond acceptors (Lipinski definition) is 5. The van der Waals surface area contributed by atoms with Gasteiger partial charge >= 0.3 is 0 Å². The number of aryl methyl sites for hydroxylation is 1. The molecule has 2 heterocycles. The monoisotopic (exact) mass is 381 g/mol. The second kappa shape index (κ2) is 8.28. The first-order chi connectivity index (χ1) is 13.2. The Kier molecular flexibility index (Phi) is 5.60. The van der Waals surface area contributed by atoms with Crippen LogP contribution in [-0.4, -0.2) is 35.3 Å². The number of ether oxygens (including phenoxy) is 1. The van der Waals surface area contributed by atoms with Gasteiger partial charge in [0.15, 0.2) is 6.29 Å². The SMILES string of the molecule is O=CC(=O)C1NCSC1Cc1ccc2c(c1)CCC(Cc1ccccc1)O2. The molecule has 0 amide bonds. The minimum atomic E-state index is -0.366. The zero-order valence-corrected chi connectivity index (χ0v) is 15.9. The van der Waals surface area contributed by atoms with Gasteiger partial charge in [-0.1, -0.05) is 42.5 Å². The third-order valence-corrected chi connectivity index (χ3v) is 6.49. The normalized spacial score (nSPS) is 24.1. The van der Waals surface area contributed by atoms with Gasteiger partial charge in [0.25, 0.3) is 0 Å². The number of hydrogen-bond donors (Lipinski definition) is 1. The van der Waals surface area contributed by atoms with E-state index in [-0.39, 0.29) is 23.2 Å². The van der Waals surface area contributed by atoms with Crippen molar-refractivity contribution in [2.24, 2.45) is 0 Å². The molecule has 27 heavy (non-hydrogen) atoms. The summed E-state index contributed by atoms with van der Waals surface area (Å²) in [6.45, 7) is 0. The number of ketones is 1. The summed E-state index contributed by atoms with van der Waals surface area (Å²) in [5.74, 6) is 1.34. The molecule has 4 rings (SSSR count). The largest absolute Gasteiger partial charge is 0.490 e. The molecular formula is C22H23NO3S. The molecule has 1 saturated heterocycles. The number of nitrogens with one attached hydrogen (secondary N) is 1. The van der Waals surface area contributed by atoms with Crippen molar-refractivity contribution in [1.29, 1.82) is 0 Å². The van der Waals surface area contributed by atoms with Gasteiger partial charge in [-0.05, 0) is 42.0 Å². The van der Waals surface area contributed by atoms with Gasteiger partial charge in [0.05, 0.1) is 6.04 Å². The highest BCUT2D eigenvalue weighted by atomic mass is 32.2. The van der Waals surface area contributed by atoms with Crippen LogP contribution in [0.1, 0.15) is 23.1 Å². The summed E-state index contributed by atoms with van der Waals surface area (Å²) in [5.41, 5.74) is 3.74. The lowest BCUT2D eigenvalue weighted by Crippen LogP contribution is -2.39. The zero-order valence-electron chi connectivity index (χ0n) is 15.1. The van der Waals surface area contributed by atoms with Crippen molar-refractivity contribution in [1.82, 2.24) is 5.32 Å². The van der Waals surface area contributed by atoms with E-state index in [1.165, 1.54) is 16.7 Å². The number of carbonyl (C=O) groups excluding carboxylic acids is 2. The fourth-order valence-corrected chi connectivity index (χ4v) is 5.11. The number of thioether (sulfide) groups is 1. The molecule has 1 N–H and O–H groups in total. The highest BCUT2D eigenvalue weighted by Crippen LogP contribution is 2.32. The van der Waals surface area contributed by atoms with E-state index in [2.05, 4.69) is 47.8 Å². The Balaban J connectivity index is 1.41. The minimum absolute atomic E-state index is 0.107. The van der Waals surface area contributed by atoms with Crippen LogP contribution in [0.15, 0.2) is 48.5 Å². The Hall–Kier alpha value is -2.11. The van der Waals surface area contributed by atoms with Crippen LogP contribution in [0.4, 0.5) is 0 Å². The van der Waals surface area contributed by atoms with Crippen LogP contribution in [-0.2, 0) is 28.9 Å². The summed E-state index contributed by atoms with van der Waals surface area (Å²) in [5, 5.41) is 3.23. The van der Waals surface area contributed by atoms with Gasteiger partial charge in [-0.25, -0.2) is 0 Å². The van der Waals surface area contributed by atoms with Crippen molar-refractivity contribution >= 4 is 23.8 Å². The number of aldehydes is 1. The van der Waals surface area contributed by atoms with Gasteiger partial charge in [-0.15, -0.1) is 11.8 Å². The molecule has 140 valence electrons. The van der Waals surface area contributed by atoms with Crippen molar-refractivity contribution in [3.05, 3.63) is 65.2 Å². The van der Waals surface area contributed by atoms with E-state index in [0.717, 1.165) is 31.4 Å². The van der Waals surface area contributed by atoms with Crippen LogP contribution in [0.25, 0.3) is 0 Å². The van der Waals surface area contributed by atoms with Gasteiger partial charge in [-0.2, -0.15) is 0 Å². The smallest absolute Gasteiger partial charge is 0.213 e. The van der Waals surface area contributed by atoms with Crippen LogP contribution in [0.2, 0.25) is 0 Å². The molecule has 2 aromatic rings. The van der Waals surface area contributed by atoms with E-state index < -0.39 is 0 Å². The van der Waals surface area contributed by atoms with Crippen LogP contribution in [0, 0.1) is 0 Å². The lowest BCUT2D eigenvalue weighted by atomic mass is 9.94. The van der Waals surface area contributed by atoms with Crippen molar-refractivity contribution in [3.63, 3.8) is 0 Å². The standard InChI is InChI=1S/C22H23NO3S/c24-13-19(25)22-21(27-14-23-22)12-16-6-9-20-17(10-16)7-8-18(26-20)11-15-4-2-1-3-5-15/h1-6,9-10,13,18,21-23H,7-8,11-12,14H2. The molecule has 3 unspecified atom stereocenters. The fourth-order valence-electron chi connectivity index (χ4n) is 3.88. The molecule has 0 bridgehead atoms. The number of fused-ring (bicyclic) bond motifs is 1. The third-order valence-electron chi connectivity index (χ3n) is 5.29. The van der Waals surface area contributed by atoms with Gasteiger partial charge in [0.2, 0.25) is 5.78 Å². The molecule has 1 fully saturated rings. The third kappa shape index (κ3) is 4.25. The average molecular weight is 381 g/mol. The van der Waals surface area contributed by atoms with E-state index in [0.29, 0.717) is 12.2 Å². The predicted molar refractivity (Wildman–Crippen MR) is 107 cm³/mol. The van der Waals surface area contributed by atoms with Crippen molar-refractivity contribution in [3.8, 4) is 5.75 Å². The second-order valence-corrected chi connectivity index (χ2v) is 8.39. The van der Waals surface area contributed by atoms with E-state index in [9.17, 15) is 9.59 Å². The van der Waals surface area contributed by atoms with Gasteiger partial charge in [0.1, 0.15) is 11.9 Å². The fraction of sp³-hybridized carbons (Fsp3) is 0.364. The van der Waals surface area contributed by atoms with Crippen molar-refractivity contribution in [2.45, 2.75) is 43.1 Å². The highest BCUT2D eigenvalue weighted by Gasteiger charge is 2.33. The topological polar surface area (TPSA) is 55.4 Å². The second-order valence-electron chi connectivity index (χ2n) is 7.17. The summed E-state index contributed by atoms with van der Waals surface area (Å²) in [6.07, 6.45) is 4.38. The van der Waals surface area contributed by atoms with Crippen LogP contribution in [0.3, 0.4) is 0 Å². The van der Waals surface area contributed by atoms with E-state index >= 15 is 0 Å². The van der Waals surface area contributed by atoms with Crippen molar-refractivity contribution < 1.29 is 14.3 Å². The first-order valence-electron chi connectivity index (χ1n) is 9.39. The summed E-state index contributed by atoms with van der Waals surface area (Å²) in [6, 6.07) is 16.4. The zero-order chi connectivity index (χ0) is 18.6. The average Bonchev–Trinajstić information content (AvgIpc) is 3.16. The lowest BCUT2D eigenvalue weighted by molar-refractivity contribution is -0.131. The Morgan fingerprint density at radius 3 is 2.81 bits per heavy atom. The Morgan fingerprint density at radius 1 is 1.15 bits per heavy atom. The Bertz CT molecular complexity index is 824. The first kappa shape index (κ1) is 18.3. The first-order valence-corrected chi connectivity index (χ1v) is 10.4. The van der Waals surface area contributed by atoms with Crippen LogP contribution in [0.5, 0.6) is 5.75 Å². The molecule has 0 aromatic heterocycles.